The Labute approximate surface area is 233 Å². The molecule has 0 spiro atoms. The minimum Gasteiger partial charge on any atom is -0.497 e. The van der Waals surface area contributed by atoms with Crippen LogP contribution in [0.15, 0.2) is 42.7 Å². The average molecular weight is 549 g/mol. The van der Waals surface area contributed by atoms with E-state index in [4.69, 9.17) is 9.47 Å². The smallest absolute Gasteiger partial charge is 0.410 e. The quantitative estimate of drug-likeness (QED) is 0.474. The van der Waals surface area contributed by atoms with E-state index in [0.717, 1.165) is 22.5 Å². The fourth-order valence-electron chi connectivity index (χ4n) is 5.13. The molecular weight excluding hydrogens is 512 g/mol. The highest BCUT2D eigenvalue weighted by Crippen LogP contribution is 2.30. The summed E-state index contributed by atoms with van der Waals surface area (Å²) in [5, 5.41) is 0. The summed E-state index contributed by atoms with van der Waals surface area (Å²) < 4.78 is 12.6. The third-order valence-electron chi connectivity index (χ3n) is 7.24. The molecule has 2 aliphatic heterocycles. The van der Waals surface area contributed by atoms with Crippen molar-refractivity contribution in [1.29, 1.82) is 0 Å². The molecule has 1 aromatic carbocycles. The van der Waals surface area contributed by atoms with Crippen LogP contribution in [0, 0.1) is 6.92 Å². The maximum atomic E-state index is 13.5. The Balaban J connectivity index is 1.32. The monoisotopic (exact) mass is 548 g/mol. The number of hydrogen-bond acceptors (Lipinski definition) is 7. The van der Waals surface area contributed by atoms with Crippen LogP contribution in [-0.2, 0) is 16.1 Å². The Morgan fingerprint density at radius 2 is 1.70 bits per heavy atom. The van der Waals surface area contributed by atoms with Crippen LogP contribution in [0.4, 0.5) is 21.1 Å². The van der Waals surface area contributed by atoms with Gasteiger partial charge in [-0.15, -0.1) is 0 Å². The Hall–Kier alpha value is -4.28. The van der Waals surface area contributed by atoms with Crippen LogP contribution >= 0.6 is 0 Å². The second kappa shape index (κ2) is 10.7. The number of benzene rings is 1. The fourth-order valence-corrected chi connectivity index (χ4v) is 5.13. The van der Waals surface area contributed by atoms with Crippen molar-refractivity contribution in [2.75, 3.05) is 49.6 Å². The number of aromatic nitrogens is 2. The minimum atomic E-state index is -0.524. The molecule has 5 rings (SSSR count). The molecule has 40 heavy (non-hydrogen) atoms. The Morgan fingerprint density at radius 1 is 1.00 bits per heavy atom. The van der Waals surface area contributed by atoms with Gasteiger partial charge in [0.15, 0.2) is 0 Å². The SMILES string of the molecule is COc1ccc(CN2C(=O)CCN(c3cnc4c(C)c(N5CCN(C(=O)OC(C)(C)C)CC5)ccn34)C2=O)cc1. The average Bonchev–Trinajstić information content (AvgIpc) is 3.35. The van der Waals surface area contributed by atoms with Crippen molar-refractivity contribution in [3.05, 3.63) is 53.9 Å². The Morgan fingerprint density at radius 3 is 2.35 bits per heavy atom. The summed E-state index contributed by atoms with van der Waals surface area (Å²) in [5.74, 6) is 1.14. The number of hydrogen-bond donors (Lipinski definition) is 0. The fraction of sp³-hybridized carbons (Fsp3) is 0.448. The molecule has 2 aliphatic rings. The lowest BCUT2D eigenvalue weighted by atomic mass is 10.1. The van der Waals surface area contributed by atoms with E-state index in [1.165, 1.54) is 4.90 Å². The predicted molar refractivity (Wildman–Crippen MR) is 151 cm³/mol. The molecule has 0 N–H and O–H groups in total. The number of rotatable bonds is 5. The number of pyridine rings is 1. The van der Waals surface area contributed by atoms with Gasteiger partial charge in [-0.25, -0.2) is 14.6 Å². The molecular formula is C29H36N6O5. The van der Waals surface area contributed by atoms with Gasteiger partial charge in [-0.05, 0) is 51.5 Å². The van der Waals surface area contributed by atoms with E-state index >= 15 is 0 Å². The van der Waals surface area contributed by atoms with Crippen molar-refractivity contribution in [3.63, 3.8) is 0 Å². The van der Waals surface area contributed by atoms with Crippen molar-refractivity contribution in [3.8, 4) is 5.75 Å². The van der Waals surface area contributed by atoms with Gasteiger partial charge in [0.25, 0.3) is 0 Å². The van der Waals surface area contributed by atoms with Crippen LogP contribution in [0.25, 0.3) is 5.65 Å². The third kappa shape index (κ3) is 5.41. The first-order valence-electron chi connectivity index (χ1n) is 13.5. The van der Waals surface area contributed by atoms with E-state index in [2.05, 4.69) is 9.88 Å². The van der Waals surface area contributed by atoms with Gasteiger partial charge in [-0.2, -0.15) is 0 Å². The molecule has 0 aliphatic carbocycles. The summed E-state index contributed by atoms with van der Waals surface area (Å²) in [5.41, 5.74) is 3.08. The Kier molecular flexibility index (Phi) is 7.31. The number of ether oxygens (including phenoxy) is 2. The summed E-state index contributed by atoms with van der Waals surface area (Å²) >= 11 is 0. The maximum absolute atomic E-state index is 13.5. The number of amides is 4. The van der Waals surface area contributed by atoms with Gasteiger partial charge in [0, 0.05) is 56.6 Å². The highest BCUT2D eigenvalue weighted by molar-refractivity contribution is 6.05. The minimum absolute atomic E-state index is 0.188. The van der Waals surface area contributed by atoms with E-state index in [-0.39, 0.29) is 37.5 Å². The summed E-state index contributed by atoms with van der Waals surface area (Å²) in [6, 6.07) is 8.98. The number of imide groups is 1. The van der Waals surface area contributed by atoms with Crippen molar-refractivity contribution >= 4 is 35.2 Å². The van der Waals surface area contributed by atoms with Crippen molar-refractivity contribution in [2.24, 2.45) is 0 Å². The lowest BCUT2D eigenvalue weighted by molar-refractivity contribution is -0.129. The van der Waals surface area contributed by atoms with Crippen molar-refractivity contribution in [2.45, 2.75) is 46.3 Å². The molecule has 11 nitrogen and oxygen atoms in total. The number of imidazole rings is 1. The molecule has 0 saturated carbocycles. The normalized spacial score (nSPS) is 16.6. The first-order chi connectivity index (χ1) is 19.1. The summed E-state index contributed by atoms with van der Waals surface area (Å²) in [4.78, 5) is 50.2. The van der Waals surface area contributed by atoms with Crippen molar-refractivity contribution < 1.29 is 23.9 Å². The largest absolute Gasteiger partial charge is 0.497 e. The van der Waals surface area contributed by atoms with Crippen LogP contribution < -0.4 is 14.5 Å². The molecule has 0 atom stereocenters. The molecule has 11 heteroatoms. The van der Waals surface area contributed by atoms with Crippen LogP contribution in [0.2, 0.25) is 0 Å². The zero-order valence-corrected chi connectivity index (χ0v) is 23.7. The number of piperazine rings is 1. The number of nitrogens with zero attached hydrogens (tertiary/aromatic N) is 6. The molecule has 0 bridgehead atoms. The second-order valence-electron chi connectivity index (χ2n) is 11.1. The number of urea groups is 1. The lowest BCUT2D eigenvalue weighted by Gasteiger charge is -2.37. The van der Waals surface area contributed by atoms with Crippen LogP contribution in [0.1, 0.15) is 38.3 Å². The number of anilines is 2. The van der Waals surface area contributed by atoms with E-state index < -0.39 is 5.60 Å². The zero-order valence-electron chi connectivity index (χ0n) is 23.7. The molecule has 0 unspecified atom stereocenters. The van der Waals surface area contributed by atoms with E-state index in [0.29, 0.717) is 37.7 Å². The van der Waals surface area contributed by atoms with Crippen LogP contribution in [0.5, 0.6) is 5.75 Å². The molecule has 212 valence electrons. The maximum Gasteiger partial charge on any atom is 0.410 e. The lowest BCUT2D eigenvalue weighted by Crippen LogP contribution is -2.52. The van der Waals surface area contributed by atoms with Crippen LogP contribution in [-0.4, -0.2) is 82.7 Å². The topological polar surface area (TPSA) is 99.9 Å². The molecule has 4 heterocycles. The first-order valence-corrected chi connectivity index (χ1v) is 13.5. The number of fused-ring (bicyclic) bond motifs is 1. The van der Waals surface area contributed by atoms with Gasteiger partial charge in [-0.3, -0.25) is 19.0 Å². The highest BCUT2D eigenvalue weighted by atomic mass is 16.6. The number of methoxy groups -OCH3 is 1. The van der Waals surface area contributed by atoms with E-state index in [9.17, 15) is 14.4 Å². The van der Waals surface area contributed by atoms with Gasteiger partial charge in [0.05, 0.1) is 19.9 Å². The summed E-state index contributed by atoms with van der Waals surface area (Å²) in [7, 11) is 1.60. The van der Waals surface area contributed by atoms with Crippen LogP contribution in [0.3, 0.4) is 0 Å². The van der Waals surface area contributed by atoms with E-state index in [1.54, 1.807) is 23.1 Å². The number of carbonyl (C=O) groups excluding carboxylic acids is 3. The van der Waals surface area contributed by atoms with Gasteiger partial charge in [0.1, 0.15) is 22.8 Å². The molecule has 4 amide bonds. The molecule has 2 aromatic heterocycles. The highest BCUT2D eigenvalue weighted by Gasteiger charge is 2.35. The van der Waals surface area contributed by atoms with Crippen molar-refractivity contribution in [1.82, 2.24) is 19.2 Å². The third-order valence-corrected chi connectivity index (χ3v) is 7.24. The summed E-state index contributed by atoms with van der Waals surface area (Å²) in [6.45, 7) is 10.6. The number of aryl methyl sites for hydroxylation is 1. The summed E-state index contributed by atoms with van der Waals surface area (Å²) in [6.07, 6.45) is 3.54. The van der Waals surface area contributed by atoms with Gasteiger partial charge < -0.3 is 19.3 Å². The first kappa shape index (κ1) is 27.3. The number of carbonyl (C=O) groups is 3. The Bertz CT molecular complexity index is 1420. The standard InChI is InChI=1S/C29H36N6O5/c1-20-23(31-14-16-32(17-15-31)28(38)40-29(2,3)4)10-12-33-24(18-30-26(20)33)34-13-11-25(36)35(27(34)37)19-21-6-8-22(39-5)9-7-21/h6-10,12,18H,11,13-17,19H2,1-5H3. The molecule has 3 aromatic rings. The van der Waals surface area contributed by atoms with Gasteiger partial charge >= 0.3 is 12.1 Å². The second-order valence-corrected chi connectivity index (χ2v) is 11.1. The molecule has 2 saturated heterocycles. The van der Waals surface area contributed by atoms with E-state index in [1.807, 2.05) is 68.6 Å². The van der Waals surface area contributed by atoms with Gasteiger partial charge in [-0.1, -0.05) is 12.1 Å². The molecule has 0 radical (unpaired) electrons. The van der Waals surface area contributed by atoms with Gasteiger partial charge in [0.2, 0.25) is 5.91 Å². The predicted octanol–water partition coefficient (Wildman–Crippen LogP) is 4.07. The zero-order chi connectivity index (χ0) is 28.6. The molecule has 2 fully saturated rings.